The largest absolute Gasteiger partial charge is 0.366 e. The highest BCUT2D eigenvalue weighted by Crippen LogP contribution is 2.37. The number of benzene rings is 3. The summed E-state index contributed by atoms with van der Waals surface area (Å²) in [6.45, 7) is 6.83. The van der Waals surface area contributed by atoms with Gasteiger partial charge in [0.05, 0.1) is 47.0 Å². The van der Waals surface area contributed by atoms with Gasteiger partial charge < -0.3 is 20.2 Å². The molecule has 10 heteroatoms. The number of aromatic amines is 1. The number of nitrogens with zero attached hydrogens (tertiary/aromatic N) is 4. The van der Waals surface area contributed by atoms with E-state index in [1.54, 1.807) is 29.2 Å². The lowest BCUT2D eigenvalue weighted by Crippen LogP contribution is -2.24. The maximum atomic E-state index is 13.4. The zero-order chi connectivity index (χ0) is 29.9. The predicted molar refractivity (Wildman–Crippen MR) is 164 cm³/mol. The molecule has 0 aliphatic carbocycles. The van der Waals surface area contributed by atoms with E-state index < -0.39 is 11.7 Å². The summed E-state index contributed by atoms with van der Waals surface area (Å²) in [5.41, 5.74) is 12.4. The molecule has 0 unspecified atom stereocenters. The zero-order valence-electron chi connectivity index (χ0n) is 24.0. The topological polar surface area (TPSA) is 130 Å². The number of amides is 1. The van der Waals surface area contributed by atoms with Crippen molar-refractivity contribution in [2.45, 2.75) is 39.2 Å². The lowest BCUT2D eigenvalue weighted by molar-refractivity contribution is -0.139. The minimum Gasteiger partial charge on any atom is -0.366 e. The minimum absolute atomic E-state index is 0.0981. The van der Waals surface area contributed by atoms with Gasteiger partial charge in [0.25, 0.3) is 11.5 Å². The van der Waals surface area contributed by atoms with Crippen molar-refractivity contribution in [1.82, 2.24) is 24.3 Å². The molecule has 4 heterocycles. The summed E-state index contributed by atoms with van der Waals surface area (Å²) in [4.78, 5) is 33.7. The average molecular weight is 575 g/mol. The molecule has 216 valence electrons. The highest BCUT2D eigenvalue weighted by molar-refractivity contribution is 6.10. The molecule has 1 amide bonds. The van der Waals surface area contributed by atoms with E-state index in [9.17, 15) is 9.59 Å². The fraction of sp³-hybridized carbons (Fsp3) is 0.212. The fourth-order valence-electron chi connectivity index (χ4n) is 5.90. The van der Waals surface area contributed by atoms with Crippen LogP contribution in [0.1, 0.15) is 29.8 Å². The molecule has 0 radical (unpaired) electrons. The Bertz CT molecular complexity index is 2100. The number of rotatable bonds is 6. The van der Waals surface area contributed by atoms with Crippen LogP contribution in [0.4, 0.5) is 0 Å². The molecule has 10 nitrogen and oxygen atoms in total. The van der Waals surface area contributed by atoms with Crippen molar-refractivity contribution >= 4 is 27.7 Å². The highest BCUT2D eigenvalue weighted by atomic mass is 16.7. The van der Waals surface area contributed by atoms with E-state index in [0.29, 0.717) is 35.1 Å². The Morgan fingerprint density at radius 2 is 1.93 bits per heavy atom. The Hall–Kier alpha value is -5.06. The first-order chi connectivity index (χ1) is 20.7. The molecule has 3 N–H and O–H groups in total. The van der Waals surface area contributed by atoms with Crippen molar-refractivity contribution in [2.24, 2.45) is 5.73 Å². The van der Waals surface area contributed by atoms with E-state index in [1.807, 2.05) is 80.2 Å². The number of carbonyl (C=O) groups is 1. The van der Waals surface area contributed by atoms with Crippen molar-refractivity contribution < 1.29 is 14.3 Å². The van der Waals surface area contributed by atoms with Gasteiger partial charge in [0.2, 0.25) is 0 Å². The van der Waals surface area contributed by atoms with Crippen LogP contribution in [0.25, 0.3) is 49.9 Å². The Balaban J connectivity index is 1.31. The van der Waals surface area contributed by atoms with Crippen LogP contribution < -0.4 is 11.3 Å². The molecule has 6 aromatic rings. The van der Waals surface area contributed by atoms with Crippen LogP contribution in [-0.2, 0) is 16.0 Å². The third-order valence-electron chi connectivity index (χ3n) is 7.98. The number of fused-ring (bicyclic) bond motifs is 2. The number of nitrogens with one attached hydrogen (secondary N) is 1. The molecule has 1 fully saturated rings. The Morgan fingerprint density at radius 3 is 2.72 bits per heavy atom. The van der Waals surface area contributed by atoms with E-state index >= 15 is 0 Å². The van der Waals surface area contributed by atoms with Gasteiger partial charge >= 0.3 is 0 Å². The second-order valence-corrected chi connectivity index (χ2v) is 11.3. The summed E-state index contributed by atoms with van der Waals surface area (Å²) in [5, 5.41) is 5.91. The molecular weight excluding hydrogens is 544 g/mol. The molecule has 1 atom stereocenters. The third-order valence-corrected chi connectivity index (χ3v) is 7.98. The van der Waals surface area contributed by atoms with Crippen LogP contribution in [0.3, 0.4) is 0 Å². The lowest BCUT2D eigenvalue weighted by Gasteiger charge is -2.16. The standard InChI is InChI=1S/C33H30N6O4/c1-19-22(8-6-10-29(19)39-18-35-27-9-5-4-7-24(27)32(39)41)23-11-12-25(31(34)40)30-26(23)13-28(37-30)20-14-36-38(15-20)16-21-17-42-33(2,3)43-21/h4-15,18,21,37H,16-17H2,1-3H3,(H2,34,40)/t21-/m1/s1. The molecule has 3 aromatic carbocycles. The number of para-hydroxylation sites is 1. The van der Waals surface area contributed by atoms with Gasteiger partial charge in [-0.2, -0.15) is 5.10 Å². The molecule has 1 aliphatic heterocycles. The molecular formula is C33H30N6O4. The van der Waals surface area contributed by atoms with E-state index in [1.165, 1.54) is 0 Å². The lowest BCUT2D eigenvalue weighted by atomic mass is 9.94. The van der Waals surface area contributed by atoms with Crippen LogP contribution in [0.5, 0.6) is 0 Å². The molecule has 0 spiro atoms. The van der Waals surface area contributed by atoms with Gasteiger partial charge in [-0.25, -0.2) is 4.98 Å². The quantitative estimate of drug-likeness (QED) is 0.289. The van der Waals surface area contributed by atoms with Crippen molar-refractivity contribution in [3.63, 3.8) is 0 Å². The molecule has 0 bridgehead atoms. The highest BCUT2D eigenvalue weighted by Gasteiger charge is 2.33. The first-order valence-corrected chi connectivity index (χ1v) is 14.1. The monoisotopic (exact) mass is 574 g/mol. The van der Waals surface area contributed by atoms with Crippen LogP contribution >= 0.6 is 0 Å². The first kappa shape index (κ1) is 26.8. The maximum absolute atomic E-state index is 13.4. The molecule has 7 rings (SSSR count). The van der Waals surface area contributed by atoms with Gasteiger partial charge in [-0.05, 0) is 67.8 Å². The van der Waals surface area contributed by atoms with Crippen molar-refractivity contribution in [2.75, 3.05) is 6.61 Å². The fourth-order valence-corrected chi connectivity index (χ4v) is 5.90. The normalized spacial score (nSPS) is 16.3. The average Bonchev–Trinajstić information content (AvgIpc) is 3.72. The van der Waals surface area contributed by atoms with Crippen molar-refractivity contribution in [1.29, 1.82) is 0 Å². The summed E-state index contributed by atoms with van der Waals surface area (Å²) in [5.74, 6) is -1.13. The van der Waals surface area contributed by atoms with Gasteiger partial charge in [-0.3, -0.25) is 18.8 Å². The summed E-state index contributed by atoms with van der Waals surface area (Å²) in [7, 11) is 0. The maximum Gasteiger partial charge on any atom is 0.265 e. The van der Waals surface area contributed by atoms with Gasteiger partial charge in [0, 0.05) is 22.8 Å². The Labute approximate surface area is 246 Å². The van der Waals surface area contributed by atoms with Crippen LogP contribution in [0.2, 0.25) is 0 Å². The van der Waals surface area contributed by atoms with Gasteiger partial charge in [0.15, 0.2) is 5.79 Å². The van der Waals surface area contributed by atoms with Gasteiger partial charge in [-0.15, -0.1) is 0 Å². The smallest absolute Gasteiger partial charge is 0.265 e. The SMILES string of the molecule is Cc1c(-c2ccc(C(N)=O)c3[nH]c(-c4cnn(C[C@@H]5COC(C)(C)O5)c4)cc23)cccc1-n1cnc2ccccc2c1=O. The number of hydrogen-bond acceptors (Lipinski definition) is 6. The third kappa shape index (κ3) is 4.70. The van der Waals surface area contributed by atoms with Gasteiger partial charge in [0.1, 0.15) is 12.4 Å². The van der Waals surface area contributed by atoms with E-state index in [2.05, 4.69) is 15.1 Å². The van der Waals surface area contributed by atoms with E-state index in [4.69, 9.17) is 15.2 Å². The van der Waals surface area contributed by atoms with Crippen LogP contribution in [0.15, 0.2) is 84.2 Å². The first-order valence-electron chi connectivity index (χ1n) is 14.1. The Morgan fingerprint density at radius 1 is 1.09 bits per heavy atom. The van der Waals surface area contributed by atoms with Crippen molar-refractivity contribution in [3.05, 3.63) is 101 Å². The zero-order valence-corrected chi connectivity index (χ0v) is 24.0. The minimum atomic E-state index is -0.604. The van der Waals surface area contributed by atoms with Gasteiger partial charge in [-0.1, -0.05) is 30.3 Å². The molecule has 1 saturated heterocycles. The number of nitrogens with two attached hydrogens (primary N) is 1. The van der Waals surface area contributed by atoms with E-state index in [0.717, 1.165) is 39.0 Å². The number of aromatic nitrogens is 5. The number of H-pyrrole nitrogens is 1. The second-order valence-electron chi connectivity index (χ2n) is 11.3. The molecule has 43 heavy (non-hydrogen) atoms. The number of hydrogen-bond donors (Lipinski definition) is 2. The molecule has 1 aliphatic rings. The predicted octanol–water partition coefficient (Wildman–Crippen LogP) is 4.96. The number of primary amides is 1. The van der Waals surface area contributed by atoms with Crippen molar-refractivity contribution in [3.8, 4) is 28.1 Å². The van der Waals surface area contributed by atoms with E-state index in [-0.39, 0.29) is 11.7 Å². The molecule has 0 saturated carbocycles. The van der Waals surface area contributed by atoms with Crippen LogP contribution in [-0.4, -0.2) is 48.7 Å². The number of ether oxygens (including phenoxy) is 2. The summed E-state index contributed by atoms with van der Waals surface area (Å²) in [6, 6.07) is 18.8. The van der Waals surface area contributed by atoms with Crippen LogP contribution in [0, 0.1) is 6.92 Å². The Kier molecular flexibility index (Phi) is 6.26. The summed E-state index contributed by atoms with van der Waals surface area (Å²) in [6.07, 6.45) is 5.19. The summed E-state index contributed by atoms with van der Waals surface area (Å²) < 4.78 is 15.0. The summed E-state index contributed by atoms with van der Waals surface area (Å²) >= 11 is 0. The second kappa shape index (κ2) is 10.0. The number of carbonyl (C=O) groups excluding carboxylic acids is 1. The molecule has 3 aromatic heterocycles.